The van der Waals surface area contributed by atoms with Gasteiger partial charge >= 0.3 is 0 Å². The zero-order chi connectivity index (χ0) is 24.1. The molecule has 1 fully saturated rings. The Labute approximate surface area is 202 Å². The Hall–Kier alpha value is -3.12. The highest BCUT2D eigenvalue weighted by Crippen LogP contribution is 2.27. The van der Waals surface area contributed by atoms with Gasteiger partial charge in [0.2, 0.25) is 0 Å². The minimum absolute atomic E-state index is 0.0271. The summed E-state index contributed by atoms with van der Waals surface area (Å²) in [7, 11) is 2.24. The fourth-order valence-corrected chi connectivity index (χ4v) is 4.67. The summed E-state index contributed by atoms with van der Waals surface area (Å²) in [5, 5.41) is 3.99. The number of fused-ring (bicyclic) bond motifs is 1. The molecule has 0 unspecified atom stereocenters. The Kier molecular flexibility index (Phi) is 7.68. The first kappa shape index (κ1) is 24.0. The molecule has 34 heavy (non-hydrogen) atoms. The van der Waals surface area contributed by atoms with E-state index in [-0.39, 0.29) is 12.5 Å². The van der Waals surface area contributed by atoms with Crippen LogP contribution in [0.1, 0.15) is 37.3 Å². The van der Waals surface area contributed by atoms with E-state index in [1.807, 2.05) is 49.4 Å². The minimum Gasteiger partial charge on any atom is -0.484 e. The molecule has 1 saturated heterocycles. The van der Waals surface area contributed by atoms with Gasteiger partial charge in [-0.25, -0.2) is 4.98 Å². The topological polar surface area (TPSA) is 57.7 Å². The summed E-state index contributed by atoms with van der Waals surface area (Å²) in [4.78, 5) is 22.2. The second kappa shape index (κ2) is 10.9. The molecular formula is C28H36N4O2. The number of hydrogen-bond donors (Lipinski definition) is 1. The molecule has 0 spiro atoms. The first-order valence-corrected chi connectivity index (χ1v) is 12.3. The van der Waals surface area contributed by atoms with Crippen molar-refractivity contribution in [2.75, 3.05) is 43.5 Å². The standard InChI is InChI=1S/C28H36N4O2/c1-5-14-31(4)23-12-15-32(16-13-23)27-17-21(3)25-18-22(8-11-26(25)30-27)29-28(33)19-34-24-9-6-20(2)7-10-24/h6-11,17-18,23H,5,12-16,19H2,1-4H3,(H,29,33). The number of anilines is 2. The minimum atomic E-state index is -0.182. The van der Waals surface area contributed by atoms with Crippen molar-refractivity contribution in [3.8, 4) is 5.75 Å². The Morgan fingerprint density at radius 2 is 1.85 bits per heavy atom. The monoisotopic (exact) mass is 460 g/mol. The number of aromatic nitrogens is 1. The third-order valence-electron chi connectivity index (χ3n) is 6.66. The summed E-state index contributed by atoms with van der Waals surface area (Å²) >= 11 is 0. The first-order valence-electron chi connectivity index (χ1n) is 12.3. The van der Waals surface area contributed by atoms with Gasteiger partial charge in [-0.3, -0.25) is 4.79 Å². The molecule has 3 aromatic rings. The molecule has 6 nitrogen and oxygen atoms in total. The third kappa shape index (κ3) is 5.86. The molecule has 0 bridgehead atoms. The van der Waals surface area contributed by atoms with Crippen molar-refractivity contribution in [3.63, 3.8) is 0 Å². The Morgan fingerprint density at radius 3 is 2.56 bits per heavy atom. The lowest BCUT2D eigenvalue weighted by Gasteiger charge is -2.37. The highest BCUT2D eigenvalue weighted by Gasteiger charge is 2.23. The Bertz CT molecular complexity index is 1120. The normalized spacial score (nSPS) is 14.6. The van der Waals surface area contributed by atoms with Crippen LogP contribution < -0.4 is 15.0 Å². The lowest BCUT2D eigenvalue weighted by molar-refractivity contribution is -0.118. The van der Waals surface area contributed by atoms with Gasteiger partial charge in [-0.15, -0.1) is 0 Å². The van der Waals surface area contributed by atoms with Gasteiger partial charge in [-0.05, 0) is 88.7 Å². The van der Waals surface area contributed by atoms with Crippen molar-refractivity contribution in [1.82, 2.24) is 9.88 Å². The van der Waals surface area contributed by atoms with Crippen LogP contribution in [-0.4, -0.2) is 55.1 Å². The summed E-state index contributed by atoms with van der Waals surface area (Å²) in [5.41, 5.74) is 4.03. The molecule has 2 heterocycles. The molecule has 1 aliphatic heterocycles. The van der Waals surface area contributed by atoms with Crippen molar-refractivity contribution in [2.45, 2.75) is 46.1 Å². The molecule has 180 valence electrons. The lowest BCUT2D eigenvalue weighted by Crippen LogP contribution is -2.43. The van der Waals surface area contributed by atoms with Gasteiger partial charge < -0.3 is 19.9 Å². The zero-order valence-corrected chi connectivity index (χ0v) is 20.8. The van der Waals surface area contributed by atoms with E-state index in [1.54, 1.807) is 0 Å². The van der Waals surface area contributed by atoms with Gasteiger partial charge in [-0.2, -0.15) is 0 Å². The number of hydrogen-bond acceptors (Lipinski definition) is 5. The lowest BCUT2D eigenvalue weighted by atomic mass is 10.0. The number of benzene rings is 2. The molecule has 4 rings (SSSR count). The average Bonchev–Trinajstić information content (AvgIpc) is 2.84. The van der Waals surface area contributed by atoms with E-state index in [1.165, 1.54) is 19.3 Å². The first-order chi connectivity index (χ1) is 16.4. The molecule has 1 aliphatic rings. The number of aryl methyl sites for hydroxylation is 2. The summed E-state index contributed by atoms with van der Waals surface area (Å²) in [6.07, 6.45) is 3.54. The van der Waals surface area contributed by atoms with Crippen molar-refractivity contribution >= 4 is 28.3 Å². The molecule has 6 heteroatoms. The van der Waals surface area contributed by atoms with Crippen LogP contribution in [0.4, 0.5) is 11.5 Å². The van der Waals surface area contributed by atoms with Gasteiger partial charge in [0.25, 0.3) is 5.91 Å². The number of pyridine rings is 1. The molecule has 0 saturated carbocycles. The van der Waals surface area contributed by atoms with Crippen LogP contribution >= 0.6 is 0 Å². The number of nitrogens with zero attached hydrogens (tertiary/aromatic N) is 3. The Morgan fingerprint density at radius 1 is 1.12 bits per heavy atom. The van der Waals surface area contributed by atoms with E-state index in [2.05, 4.69) is 42.1 Å². The van der Waals surface area contributed by atoms with Gasteiger partial charge in [0.15, 0.2) is 6.61 Å². The van der Waals surface area contributed by atoms with Crippen molar-refractivity contribution < 1.29 is 9.53 Å². The van der Waals surface area contributed by atoms with E-state index in [4.69, 9.17) is 9.72 Å². The van der Waals surface area contributed by atoms with Gasteiger partial charge in [0.05, 0.1) is 5.52 Å². The molecular weight excluding hydrogens is 424 g/mol. The maximum atomic E-state index is 12.4. The van der Waals surface area contributed by atoms with E-state index >= 15 is 0 Å². The number of carbonyl (C=O) groups excluding carboxylic acids is 1. The SMILES string of the molecule is CCCN(C)C1CCN(c2cc(C)c3cc(NC(=O)COc4ccc(C)cc4)ccc3n2)CC1. The van der Waals surface area contributed by atoms with Crippen molar-refractivity contribution in [1.29, 1.82) is 0 Å². The third-order valence-corrected chi connectivity index (χ3v) is 6.66. The summed E-state index contributed by atoms with van der Waals surface area (Å²) in [6.45, 7) is 9.57. The van der Waals surface area contributed by atoms with Crippen LogP contribution in [0.5, 0.6) is 5.75 Å². The van der Waals surface area contributed by atoms with E-state index < -0.39 is 0 Å². The van der Waals surface area contributed by atoms with Crippen LogP contribution in [0.2, 0.25) is 0 Å². The molecule has 0 aliphatic carbocycles. The van der Waals surface area contributed by atoms with Crippen molar-refractivity contribution in [2.24, 2.45) is 0 Å². The molecule has 0 atom stereocenters. The highest BCUT2D eigenvalue weighted by atomic mass is 16.5. The fourth-order valence-electron chi connectivity index (χ4n) is 4.67. The van der Waals surface area contributed by atoms with Gasteiger partial charge in [-0.1, -0.05) is 24.6 Å². The van der Waals surface area contributed by atoms with Crippen molar-refractivity contribution in [3.05, 3.63) is 59.7 Å². The second-order valence-electron chi connectivity index (χ2n) is 9.38. The van der Waals surface area contributed by atoms with E-state index in [9.17, 15) is 4.79 Å². The smallest absolute Gasteiger partial charge is 0.262 e. The van der Waals surface area contributed by atoms with E-state index in [0.29, 0.717) is 11.8 Å². The average molecular weight is 461 g/mol. The van der Waals surface area contributed by atoms with Crippen LogP contribution in [0, 0.1) is 13.8 Å². The summed E-state index contributed by atoms with van der Waals surface area (Å²) in [6, 6.07) is 16.4. The molecule has 0 radical (unpaired) electrons. The number of ether oxygens (including phenoxy) is 1. The second-order valence-corrected chi connectivity index (χ2v) is 9.38. The highest BCUT2D eigenvalue weighted by molar-refractivity contribution is 5.95. The van der Waals surface area contributed by atoms with Crippen LogP contribution in [-0.2, 0) is 4.79 Å². The summed E-state index contributed by atoms with van der Waals surface area (Å²) < 4.78 is 5.59. The number of piperidine rings is 1. The number of carbonyl (C=O) groups is 1. The van der Waals surface area contributed by atoms with Gasteiger partial charge in [0, 0.05) is 30.2 Å². The Balaban J connectivity index is 1.38. The molecule has 2 aromatic carbocycles. The summed E-state index contributed by atoms with van der Waals surface area (Å²) in [5.74, 6) is 1.55. The maximum Gasteiger partial charge on any atom is 0.262 e. The molecule has 1 amide bonds. The van der Waals surface area contributed by atoms with E-state index in [0.717, 1.165) is 53.2 Å². The maximum absolute atomic E-state index is 12.4. The van der Waals surface area contributed by atoms with Crippen LogP contribution in [0.25, 0.3) is 10.9 Å². The largest absolute Gasteiger partial charge is 0.484 e. The number of nitrogens with one attached hydrogen (secondary N) is 1. The molecule has 1 N–H and O–H groups in total. The van der Waals surface area contributed by atoms with Crippen LogP contribution in [0.15, 0.2) is 48.5 Å². The fraction of sp³-hybridized carbons (Fsp3) is 0.429. The molecule has 1 aromatic heterocycles. The van der Waals surface area contributed by atoms with Gasteiger partial charge in [0.1, 0.15) is 11.6 Å². The predicted molar refractivity (Wildman–Crippen MR) is 140 cm³/mol. The zero-order valence-electron chi connectivity index (χ0n) is 20.8. The number of rotatable bonds is 8. The predicted octanol–water partition coefficient (Wildman–Crippen LogP) is 5.18. The van der Waals surface area contributed by atoms with Crippen LogP contribution in [0.3, 0.4) is 0 Å². The number of amides is 1. The quantitative estimate of drug-likeness (QED) is 0.502.